The zero-order chi connectivity index (χ0) is 12.1. The minimum atomic E-state index is -0.502. The number of nitrogens with zero attached hydrogens (tertiary/aromatic N) is 2. The van der Waals surface area contributed by atoms with E-state index in [1.165, 1.54) is 17.9 Å². The van der Waals surface area contributed by atoms with Crippen LogP contribution in [0.2, 0.25) is 0 Å². The van der Waals surface area contributed by atoms with Crippen LogP contribution < -0.4 is 0 Å². The molecule has 0 aliphatic heterocycles. The Kier molecular flexibility index (Phi) is 3.22. The molecule has 1 aromatic carbocycles. The first-order valence-corrected chi connectivity index (χ1v) is 5.00. The van der Waals surface area contributed by atoms with Gasteiger partial charge in [-0.3, -0.25) is 4.57 Å². The van der Waals surface area contributed by atoms with Crippen LogP contribution in [-0.4, -0.2) is 22.6 Å². The molecule has 0 bridgehead atoms. The number of methoxy groups -OCH3 is 1. The summed E-state index contributed by atoms with van der Waals surface area (Å²) in [6.07, 6.45) is 3.12. The molecule has 0 saturated carbocycles. The topological polar surface area (TPSA) is 44.1 Å². The van der Waals surface area contributed by atoms with Crippen molar-refractivity contribution in [2.45, 2.75) is 0 Å². The van der Waals surface area contributed by atoms with Crippen LogP contribution in [0.4, 0.5) is 0 Å². The van der Waals surface area contributed by atoms with Crippen LogP contribution in [0.5, 0.6) is 0 Å². The predicted octanol–water partition coefficient (Wildman–Crippen LogP) is 1.53. The third kappa shape index (κ3) is 2.52. The molecular formula is C13H10N2O2. The molecule has 0 fully saturated rings. The van der Waals surface area contributed by atoms with E-state index in [1.54, 1.807) is 6.20 Å². The summed E-state index contributed by atoms with van der Waals surface area (Å²) in [5.41, 5.74) is 0.872. The van der Waals surface area contributed by atoms with E-state index in [0.717, 1.165) is 5.56 Å². The summed E-state index contributed by atoms with van der Waals surface area (Å²) in [6, 6.07) is 12.3. The third-order valence-corrected chi connectivity index (χ3v) is 2.10. The van der Waals surface area contributed by atoms with Gasteiger partial charge < -0.3 is 4.74 Å². The monoisotopic (exact) mass is 226 g/mol. The molecule has 4 heteroatoms. The van der Waals surface area contributed by atoms with Crippen molar-refractivity contribution in [3.63, 3.8) is 0 Å². The van der Waals surface area contributed by atoms with E-state index in [2.05, 4.69) is 21.7 Å². The second-order valence-corrected chi connectivity index (χ2v) is 3.22. The number of hydrogen-bond acceptors (Lipinski definition) is 3. The Morgan fingerprint density at radius 3 is 2.82 bits per heavy atom. The van der Waals surface area contributed by atoms with Gasteiger partial charge in [-0.15, -0.1) is 0 Å². The Balaban J connectivity index is 2.29. The molecule has 0 amide bonds. The van der Waals surface area contributed by atoms with Gasteiger partial charge in [0.05, 0.1) is 7.11 Å². The van der Waals surface area contributed by atoms with Gasteiger partial charge in [0.25, 0.3) is 0 Å². The van der Waals surface area contributed by atoms with E-state index in [0.29, 0.717) is 0 Å². The molecule has 84 valence electrons. The first-order chi connectivity index (χ1) is 8.31. The number of ether oxygens (including phenoxy) is 1. The number of carbonyl (C=O) groups excluding carboxylic acids is 1. The maximum Gasteiger partial charge on any atom is 0.375 e. The molecule has 2 rings (SSSR count). The minimum absolute atomic E-state index is 0.177. The highest BCUT2D eigenvalue weighted by molar-refractivity contribution is 5.85. The highest BCUT2D eigenvalue weighted by Crippen LogP contribution is 1.99. The lowest BCUT2D eigenvalue weighted by Gasteiger charge is -1.96. The SMILES string of the molecule is COC(=O)c1nccn1C#Cc1ccccc1. The lowest BCUT2D eigenvalue weighted by Crippen LogP contribution is -2.08. The molecule has 0 saturated heterocycles. The molecule has 0 unspecified atom stereocenters. The average Bonchev–Trinajstić information content (AvgIpc) is 2.85. The number of aromatic nitrogens is 2. The summed E-state index contributed by atoms with van der Waals surface area (Å²) >= 11 is 0. The van der Waals surface area contributed by atoms with Crippen molar-refractivity contribution in [3.05, 3.63) is 54.1 Å². The molecule has 1 aromatic heterocycles. The Labute approximate surface area is 98.9 Å². The maximum absolute atomic E-state index is 11.3. The number of rotatable bonds is 1. The summed E-state index contributed by atoms with van der Waals surface area (Å²) in [7, 11) is 1.31. The van der Waals surface area contributed by atoms with Crippen LogP contribution in [0.1, 0.15) is 16.2 Å². The molecule has 17 heavy (non-hydrogen) atoms. The molecule has 0 spiro atoms. The number of esters is 1. The summed E-state index contributed by atoms with van der Waals surface area (Å²) < 4.78 is 6.04. The number of benzene rings is 1. The van der Waals surface area contributed by atoms with E-state index < -0.39 is 5.97 Å². The zero-order valence-electron chi connectivity index (χ0n) is 9.25. The van der Waals surface area contributed by atoms with Crippen molar-refractivity contribution in [3.8, 4) is 12.0 Å². The molecule has 0 radical (unpaired) electrons. The van der Waals surface area contributed by atoms with Crippen LogP contribution in [0, 0.1) is 12.0 Å². The zero-order valence-corrected chi connectivity index (χ0v) is 9.25. The van der Waals surface area contributed by atoms with E-state index in [4.69, 9.17) is 0 Å². The van der Waals surface area contributed by atoms with Gasteiger partial charge in [-0.1, -0.05) is 18.2 Å². The van der Waals surface area contributed by atoms with Crippen LogP contribution in [-0.2, 0) is 4.74 Å². The van der Waals surface area contributed by atoms with Gasteiger partial charge in [-0.2, -0.15) is 0 Å². The lowest BCUT2D eigenvalue weighted by molar-refractivity contribution is 0.0585. The van der Waals surface area contributed by atoms with E-state index in [9.17, 15) is 4.79 Å². The molecule has 0 aliphatic rings. The fourth-order valence-electron chi connectivity index (χ4n) is 1.28. The van der Waals surface area contributed by atoms with Gasteiger partial charge in [0.15, 0.2) is 0 Å². The summed E-state index contributed by atoms with van der Waals surface area (Å²) in [5, 5.41) is 0. The van der Waals surface area contributed by atoms with E-state index >= 15 is 0 Å². The van der Waals surface area contributed by atoms with Gasteiger partial charge in [0, 0.05) is 24.0 Å². The molecule has 4 nitrogen and oxygen atoms in total. The Hall–Kier alpha value is -2.54. The molecule has 0 N–H and O–H groups in total. The van der Waals surface area contributed by atoms with Crippen LogP contribution >= 0.6 is 0 Å². The minimum Gasteiger partial charge on any atom is -0.463 e. The van der Waals surface area contributed by atoms with Crippen molar-refractivity contribution >= 4 is 5.97 Å². The van der Waals surface area contributed by atoms with Gasteiger partial charge in [0.1, 0.15) is 0 Å². The number of imidazole rings is 1. The summed E-state index contributed by atoms with van der Waals surface area (Å²) in [6.45, 7) is 0. The first-order valence-electron chi connectivity index (χ1n) is 5.00. The average molecular weight is 226 g/mol. The number of hydrogen-bond donors (Lipinski definition) is 0. The molecular weight excluding hydrogens is 216 g/mol. The maximum atomic E-state index is 11.3. The van der Waals surface area contributed by atoms with Crippen LogP contribution in [0.15, 0.2) is 42.7 Å². The summed E-state index contributed by atoms with van der Waals surface area (Å²) in [4.78, 5) is 15.2. The normalized spacial score (nSPS) is 9.24. The standard InChI is InChI=1S/C13H10N2O2/c1-17-13(16)12-14-8-10-15(12)9-7-11-5-3-2-4-6-11/h2-6,8,10H,1H3. The molecule has 2 aromatic rings. The summed E-state index contributed by atoms with van der Waals surface area (Å²) in [5.74, 6) is 2.61. The largest absolute Gasteiger partial charge is 0.463 e. The van der Waals surface area contributed by atoms with Crippen molar-refractivity contribution in [2.24, 2.45) is 0 Å². The molecule has 0 aliphatic carbocycles. The highest BCUT2D eigenvalue weighted by atomic mass is 16.5. The van der Waals surface area contributed by atoms with Crippen molar-refractivity contribution in [2.75, 3.05) is 7.11 Å². The van der Waals surface area contributed by atoms with Gasteiger partial charge in [-0.05, 0) is 18.1 Å². The molecule has 1 heterocycles. The quantitative estimate of drug-likeness (QED) is 0.547. The van der Waals surface area contributed by atoms with Gasteiger partial charge >= 0.3 is 5.97 Å². The predicted molar refractivity (Wildman–Crippen MR) is 62.3 cm³/mol. The van der Waals surface area contributed by atoms with Crippen LogP contribution in [0.25, 0.3) is 0 Å². The van der Waals surface area contributed by atoms with E-state index in [1.807, 2.05) is 30.3 Å². The third-order valence-electron chi connectivity index (χ3n) is 2.10. The van der Waals surface area contributed by atoms with Crippen molar-refractivity contribution in [1.82, 2.24) is 9.55 Å². The Bertz CT molecular complexity index is 576. The fourth-order valence-corrected chi connectivity index (χ4v) is 1.28. The highest BCUT2D eigenvalue weighted by Gasteiger charge is 2.11. The first kappa shape index (κ1) is 11.0. The fraction of sp³-hybridized carbons (Fsp3) is 0.0769. The second kappa shape index (κ2) is 4.99. The van der Waals surface area contributed by atoms with Gasteiger partial charge in [-0.25, -0.2) is 9.78 Å². The van der Waals surface area contributed by atoms with Crippen molar-refractivity contribution < 1.29 is 9.53 Å². The Morgan fingerprint density at radius 1 is 1.35 bits per heavy atom. The van der Waals surface area contributed by atoms with E-state index in [-0.39, 0.29) is 5.82 Å². The lowest BCUT2D eigenvalue weighted by atomic mass is 10.2. The number of carbonyl (C=O) groups is 1. The molecule has 0 atom stereocenters. The van der Waals surface area contributed by atoms with Gasteiger partial charge in [0.2, 0.25) is 5.82 Å². The second-order valence-electron chi connectivity index (χ2n) is 3.22. The Morgan fingerprint density at radius 2 is 2.12 bits per heavy atom. The van der Waals surface area contributed by atoms with Crippen LogP contribution in [0.3, 0.4) is 0 Å². The smallest absolute Gasteiger partial charge is 0.375 e. The van der Waals surface area contributed by atoms with Crippen molar-refractivity contribution in [1.29, 1.82) is 0 Å².